The smallest absolute Gasteiger partial charge is 0.144 e. The molecule has 0 saturated carbocycles. The number of nitrogens with zero attached hydrogens (tertiary/aromatic N) is 1. The van der Waals surface area contributed by atoms with Crippen molar-refractivity contribution in [2.75, 3.05) is 0 Å². The molecule has 0 amide bonds. The first-order valence-corrected chi connectivity index (χ1v) is 12.5. The van der Waals surface area contributed by atoms with E-state index in [2.05, 4.69) is 117 Å². The molecular formula is C34H25NO. The molecule has 5 aromatic carbocycles. The van der Waals surface area contributed by atoms with Gasteiger partial charge < -0.3 is 4.42 Å². The van der Waals surface area contributed by atoms with Gasteiger partial charge in [-0.1, -0.05) is 98.8 Å². The molecule has 7 rings (SSSR count). The third-order valence-corrected chi connectivity index (χ3v) is 7.31. The Morgan fingerprint density at radius 3 is 1.92 bits per heavy atom. The lowest BCUT2D eigenvalue weighted by Gasteiger charge is -2.11. The maximum Gasteiger partial charge on any atom is 0.144 e. The highest BCUT2D eigenvalue weighted by Crippen LogP contribution is 2.42. The minimum absolute atomic E-state index is 0.452. The van der Waals surface area contributed by atoms with Gasteiger partial charge in [-0.3, -0.25) is 4.98 Å². The number of para-hydroxylation sites is 2. The van der Waals surface area contributed by atoms with Crippen LogP contribution in [0.15, 0.2) is 114 Å². The normalized spacial score (nSPS) is 11.9. The van der Waals surface area contributed by atoms with Crippen molar-refractivity contribution in [3.63, 3.8) is 0 Å². The molecule has 0 atom stereocenters. The van der Waals surface area contributed by atoms with Crippen LogP contribution in [0.5, 0.6) is 0 Å². The Bertz CT molecular complexity index is 1910. The molecule has 0 radical (unpaired) electrons. The number of benzene rings is 5. The number of hydrogen-bond acceptors (Lipinski definition) is 2. The van der Waals surface area contributed by atoms with Gasteiger partial charge in [-0.2, -0.15) is 0 Å². The van der Waals surface area contributed by atoms with Gasteiger partial charge in [-0.05, 0) is 56.8 Å². The van der Waals surface area contributed by atoms with Crippen molar-refractivity contribution in [1.82, 2.24) is 4.98 Å². The van der Waals surface area contributed by atoms with Crippen molar-refractivity contribution >= 4 is 43.5 Å². The fraction of sp³-hybridized carbons (Fsp3) is 0.0882. The van der Waals surface area contributed by atoms with Crippen molar-refractivity contribution in [2.45, 2.75) is 19.8 Å². The summed E-state index contributed by atoms with van der Waals surface area (Å²) in [6.07, 6.45) is 1.98. The third-order valence-electron chi connectivity index (χ3n) is 7.31. The number of fused-ring (bicyclic) bond motifs is 6. The van der Waals surface area contributed by atoms with E-state index in [1.165, 1.54) is 32.7 Å². The zero-order valence-electron chi connectivity index (χ0n) is 20.3. The summed E-state index contributed by atoms with van der Waals surface area (Å²) >= 11 is 0. The van der Waals surface area contributed by atoms with E-state index >= 15 is 0 Å². The predicted octanol–water partition coefficient (Wildman–Crippen LogP) is 9.74. The van der Waals surface area contributed by atoms with Crippen molar-refractivity contribution in [1.29, 1.82) is 0 Å². The second-order valence-electron chi connectivity index (χ2n) is 9.79. The number of pyridine rings is 1. The van der Waals surface area contributed by atoms with Gasteiger partial charge in [0.2, 0.25) is 0 Å². The standard InChI is InChI=1S/C34H25NO/c1-21(2)23-17-18-32(35-20-23)30-16-8-14-28-27-13-7-15-29(33(27)36-34(28)30)31-19-22-9-3-4-10-24(22)25-11-5-6-12-26(25)31/h3-21H,1-2H3. The van der Waals surface area contributed by atoms with E-state index in [-0.39, 0.29) is 0 Å². The Morgan fingerprint density at radius 2 is 1.19 bits per heavy atom. The second-order valence-corrected chi connectivity index (χ2v) is 9.79. The van der Waals surface area contributed by atoms with Crippen molar-refractivity contribution in [3.05, 3.63) is 115 Å². The minimum atomic E-state index is 0.452. The fourth-order valence-corrected chi connectivity index (χ4v) is 5.42. The summed E-state index contributed by atoms with van der Waals surface area (Å²) in [6.45, 7) is 4.38. The molecule has 0 fully saturated rings. The van der Waals surface area contributed by atoms with Gasteiger partial charge in [0.15, 0.2) is 0 Å². The average Bonchev–Trinajstić information content (AvgIpc) is 3.32. The maximum atomic E-state index is 6.72. The van der Waals surface area contributed by atoms with Crippen LogP contribution in [0.4, 0.5) is 0 Å². The zero-order chi connectivity index (χ0) is 24.2. The van der Waals surface area contributed by atoms with Crippen molar-refractivity contribution in [2.24, 2.45) is 0 Å². The Morgan fingerprint density at radius 1 is 0.556 bits per heavy atom. The Labute approximate surface area is 209 Å². The summed E-state index contributed by atoms with van der Waals surface area (Å²) in [7, 11) is 0. The van der Waals surface area contributed by atoms with E-state index < -0.39 is 0 Å². The van der Waals surface area contributed by atoms with Gasteiger partial charge in [0, 0.05) is 28.1 Å². The Balaban J connectivity index is 1.51. The first-order chi connectivity index (χ1) is 17.7. The molecule has 0 saturated heterocycles. The van der Waals surface area contributed by atoms with Crippen LogP contribution in [-0.4, -0.2) is 4.98 Å². The van der Waals surface area contributed by atoms with Crippen molar-refractivity contribution in [3.8, 4) is 22.4 Å². The number of furan rings is 1. The van der Waals surface area contributed by atoms with Crippen LogP contribution in [0.1, 0.15) is 25.3 Å². The van der Waals surface area contributed by atoms with Gasteiger partial charge in [0.25, 0.3) is 0 Å². The van der Waals surface area contributed by atoms with Gasteiger partial charge in [0.05, 0.1) is 5.69 Å². The minimum Gasteiger partial charge on any atom is -0.455 e. The molecular weight excluding hydrogens is 438 g/mol. The van der Waals surface area contributed by atoms with Crippen LogP contribution < -0.4 is 0 Å². The molecule has 2 nitrogen and oxygen atoms in total. The highest BCUT2D eigenvalue weighted by molar-refractivity contribution is 6.18. The Hall–Kier alpha value is -4.43. The quantitative estimate of drug-likeness (QED) is 0.244. The van der Waals surface area contributed by atoms with E-state index in [1.54, 1.807) is 0 Å². The maximum absolute atomic E-state index is 6.72. The monoisotopic (exact) mass is 463 g/mol. The number of hydrogen-bond donors (Lipinski definition) is 0. The van der Waals surface area contributed by atoms with Crippen LogP contribution in [0, 0.1) is 0 Å². The molecule has 2 aromatic heterocycles. The van der Waals surface area contributed by atoms with E-state index in [4.69, 9.17) is 9.40 Å². The van der Waals surface area contributed by atoms with Gasteiger partial charge >= 0.3 is 0 Å². The van der Waals surface area contributed by atoms with Gasteiger partial charge in [-0.15, -0.1) is 0 Å². The highest BCUT2D eigenvalue weighted by Gasteiger charge is 2.18. The van der Waals surface area contributed by atoms with Crippen LogP contribution in [0.2, 0.25) is 0 Å². The largest absolute Gasteiger partial charge is 0.455 e. The summed E-state index contributed by atoms with van der Waals surface area (Å²) in [5, 5.41) is 7.23. The summed E-state index contributed by atoms with van der Waals surface area (Å²) < 4.78 is 6.72. The molecule has 172 valence electrons. The van der Waals surface area contributed by atoms with E-state index in [0.29, 0.717) is 5.92 Å². The molecule has 2 heteroatoms. The van der Waals surface area contributed by atoms with E-state index in [0.717, 1.165) is 38.8 Å². The molecule has 0 unspecified atom stereocenters. The van der Waals surface area contributed by atoms with Crippen molar-refractivity contribution < 1.29 is 4.42 Å². The summed E-state index contributed by atoms with van der Waals surface area (Å²) in [6, 6.07) is 36.7. The Kier molecular flexibility index (Phi) is 4.68. The molecule has 0 bridgehead atoms. The molecule has 36 heavy (non-hydrogen) atoms. The molecule has 2 heterocycles. The lowest BCUT2D eigenvalue weighted by Crippen LogP contribution is -1.90. The summed E-state index contributed by atoms with van der Waals surface area (Å²) in [5.41, 5.74) is 7.29. The first kappa shape index (κ1) is 20.9. The van der Waals surface area contributed by atoms with Crippen LogP contribution >= 0.6 is 0 Å². The van der Waals surface area contributed by atoms with Crippen LogP contribution in [-0.2, 0) is 0 Å². The van der Waals surface area contributed by atoms with Gasteiger partial charge in [0.1, 0.15) is 11.2 Å². The summed E-state index contributed by atoms with van der Waals surface area (Å²) in [5.74, 6) is 0.452. The molecule has 0 spiro atoms. The molecule has 0 aliphatic carbocycles. The zero-order valence-corrected chi connectivity index (χ0v) is 20.3. The first-order valence-electron chi connectivity index (χ1n) is 12.5. The average molecular weight is 464 g/mol. The summed E-state index contributed by atoms with van der Waals surface area (Å²) in [4.78, 5) is 4.79. The topological polar surface area (TPSA) is 26.0 Å². The van der Waals surface area contributed by atoms with Crippen LogP contribution in [0.25, 0.3) is 65.9 Å². The predicted molar refractivity (Wildman–Crippen MR) is 151 cm³/mol. The lowest BCUT2D eigenvalue weighted by atomic mass is 9.92. The lowest BCUT2D eigenvalue weighted by molar-refractivity contribution is 0.671. The van der Waals surface area contributed by atoms with E-state index in [9.17, 15) is 0 Å². The van der Waals surface area contributed by atoms with E-state index in [1.807, 2.05) is 6.20 Å². The number of aromatic nitrogens is 1. The SMILES string of the molecule is CC(C)c1ccc(-c2cccc3c2oc2c(-c4cc5ccccc5c5ccccc45)cccc23)nc1. The molecule has 0 aliphatic rings. The number of rotatable bonds is 3. The molecule has 7 aromatic rings. The molecule has 0 N–H and O–H groups in total. The fourth-order valence-electron chi connectivity index (χ4n) is 5.42. The third kappa shape index (κ3) is 3.15. The molecule has 0 aliphatic heterocycles. The van der Waals surface area contributed by atoms with Gasteiger partial charge in [-0.25, -0.2) is 0 Å². The van der Waals surface area contributed by atoms with Crippen LogP contribution in [0.3, 0.4) is 0 Å². The second kappa shape index (κ2) is 8.07. The highest BCUT2D eigenvalue weighted by atomic mass is 16.3.